The number of methoxy groups -OCH3 is 1. The summed E-state index contributed by atoms with van der Waals surface area (Å²) >= 11 is 6.18. The maximum absolute atomic E-state index is 11.7. The molecule has 2 aromatic rings. The van der Waals surface area contributed by atoms with Crippen LogP contribution in [0.15, 0.2) is 42.5 Å². The van der Waals surface area contributed by atoms with Crippen molar-refractivity contribution in [3.63, 3.8) is 0 Å². The molecule has 1 saturated heterocycles. The van der Waals surface area contributed by atoms with Gasteiger partial charge in [-0.25, -0.2) is 4.98 Å². The topological polar surface area (TPSA) is 60.5 Å². The molecule has 31 heavy (non-hydrogen) atoms. The fraction of sp³-hybridized carbons (Fsp3) is 0.417. The second-order valence-electron chi connectivity index (χ2n) is 9.37. The molecule has 0 saturated carbocycles. The molecule has 1 atom stereocenters. The van der Waals surface area contributed by atoms with E-state index >= 15 is 0 Å². The van der Waals surface area contributed by atoms with E-state index in [1.165, 1.54) is 0 Å². The number of ether oxygens (including phenoxy) is 1. The number of pyridine rings is 1. The number of carbonyl (C=O) groups excluding carboxylic acids is 1. The van der Waals surface area contributed by atoms with Crippen LogP contribution in [0.5, 0.6) is 11.6 Å². The van der Waals surface area contributed by atoms with E-state index in [2.05, 4.69) is 50.2 Å². The molecule has 166 valence electrons. The third kappa shape index (κ3) is 5.49. The Bertz CT molecular complexity index is 981. The van der Waals surface area contributed by atoms with Crippen molar-refractivity contribution in [3.05, 3.63) is 58.8 Å². The largest absolute Gasteiger partial charge is 0.544 e. The molecular weight excluding hydrogens is 428 g/mol. The Morgan fingerprint density at radius 2 is 1.87 bits per heavy atom. The van der Waals surface area contributed by atoms with Gasteiger partial charge in [0.1, 0.15) is 10.8 Å². The molecule has 1 aliphatic rings. The average molecular weight is 459 g/mol. The van der Waals surface area contributed by atoms with Crippen molar-refractivity contribution in [2.75, 3.05) is 7.11 Å². The van der Waals surface area contributed by atoms with Gasteiger partial charge in [0.15, 0.2) is 0 Å². The van der Waals surface area contributed by atoms with Crippen LogP contribution in [0.3, 0.4) is 0 Å². The molecule has 0 bridgehead atoms. The van der Waals surface area contributed by atoms with Gasteiger partial charge >= 0.3 is 0 Å². The van der Waals surface area contributed by atoms with Gasteiger partial charge in [0, 0.05) is 18.0 Å². The fourth-order valence-electron chi connectivity index (χ4n) is 3.16. The molecule has 7 heteroatoms. The Kier molecular flexibility index (Phi) is 6.81. The monoisotopic (exact) mass is 458 g/mol. The molecule has 1 aromatic heterocycles. The minimum atomic E-state index is -1.92. The number of rotatable bonds is 6. The molecule has 3 rings (SSSR count). The van der Waals surface area contributed by atoms with Crippen molar-refractivity contribution >= 4 is 31.4 Å². The Balaban J connectivity index is 1.96. The van der Waals surface area contributed by atoms with Gasteiger partial charge < -0.3 is 14.5 Å². The molecule has 1 aliphatic heterocycles. The van der Waals surface area contributed by atoms with Crippen molar-refractivity contribution in [2.45, 2.75) is 57.8 Å². The third-order valence-corrected chi connectivity index (χ3v) is 10.7. The number of aromatic nitrogens is 1. The highest BCUT2D eigenvalue weighted by Crippen LogP contribution is 2.38. The van der Waals surface area contributed by atoms with Gasteiger partial charge in [-0.1, -0.05) is 50.6 Å². The van der Waals surface area contributed by atoms with E-state index in [1.54, 1.807) is 13.2 Å². The molecule has 1 N–H and O–H groups in total. The zero-order valence-electron chi connectivity index (χ0n) is 19.1. The lowest BCUT2D eigenvalue weighted by Gasteiger charge is -2.36. The maximum Gasteiger partial charge on any atom is 0.250 e. The van der Waals surface area contributed by atoms with Crippen LogP contribution in [0.4, 0.5) is 0 Å². The third-order valence-electron chi connectivity index (χ3n) is 6.02. The minimum absolute atomic E-state index is 0.0332. The molecule has 1 amide bonds. The molecule has 0 unspecified atom stereocenters. The minimum Gasteiger partial charge on any atom is -0.544 e. The van der Waals surface area contributed by atoms with E-state index in [-0.39, 0.29) is 17.0 Å². The molecule has 0 radical (unpaired) electrons. The molecular formula is C24H31ClN2O3Si. The van der Waals surface area contributed by atoms with E-state index in [0.29, 0.717) is 17.3 Å². The first-order chi connectivity index (χ1) is 14.5. The standard InChI is InChI=1S/C24H31ClN2O3Si/c1-24(2,3)31(5,6)30-18-10-7-16(8-11-18)19(15-17-9-14-22(28)26-17)21-13-12-20(25)23(27-21)29-4/h7-8,10-13,15,17H,9,14H2,1-6H3,(H,26,28)/b19-15+/t17-/m1/s1. The summed E-state index contributed by atoms with van der Waals surface area (Å²) in [5.41, 5.74) is 2.64. The van der Waals surface area contributed by atoms with E-state index in [0.717, 1.165) is 29.0 Å². The number of nitrogens with one attached hydrogen (secondary N) is 1. The highest BCUT2D eigenvalue weighted by molar-refractivity contribution is 6.74. The number of hydrogen-bond donors (Lipinski definition) is 1. The van der Waals surface area contributed by atoms with E-state index in [1.807, 2.05) is 30.3 Å². The van der Waals surface area contributed by atoms with E-state index in [4.69, 9.17) is 20.8 Å². The number of halogens is 1. The Labute approximate surface area is 191 Å². The van der Waals surface area contributed by atoms with Crippen molar-refractivity contribution in [3.8, 4) is 11.6 Å². The molecule has 5 nitrogen and oxygen atoms in total. The Hall–Kier alpha value is -2.31. The first-order valence-corrected chi connectivity index (χ1v) is 13.8. The van der Waals surface area contributed by atoms with Gasteiger partial charge in [0.2, 0.25) is 20.1 Å². The number of benzene rings is 1. The number of carbonyl (C=O) groups is 1. The zero-order chi connectivity index (χ0) is 22.8. The molecule has 1 aromatic carbocycles. The van der Waals surface area contributed by atoms with Crippen molar-refractivity contribution in [1.29, 1.82) is 0 Å². The Morgan fingerprint density at radius 1 is 1.19 bits per heavy atom. The lowest BCUT2D eigenvalue weighted by molar-refractivity contribution is -0.119. The average Bonchev–Trinajstić information content (AvgIpc) is 3.11. The summed E-state index contributed by atoms with van der Waals surface area (Å²) < 4.78 is 11.7. The zero-order valence-corrected chi connectivity index (χ0v) is 20.8. The predicted octanol–water partition coefficient (Wildman–Crippen LogP) is 5.84. The van der Waals surface area contributed by atoms with Crippen LogP contribution in [0, 0.1) is 0 Å². The summed E-state index contributed by atoms with van der Waals surface area (Å²) in [4.78, 5) is 16.3. The van der Waals surface area contributed by atoms with Crippen LogP contribution in [0.25, 0.3) is 5.57 Å². The smallest absolute Gasteiger partial charge is 0.250 e. The van der Waals surface area contributed by atoms with Gasteiger partial charge in [-0.15, -0.1) is 0 Å². The summed E-state index contributed by atoms with van der Waals surface area (Å²) in [6, 6.07) is 11.7. The lowest BCUT2D eigenvalue weighted by Crippen LogP contribution is -2.43. The van der Waals surface area contributed by atoms with Crippen molar-refractivity contribution in [1.82, 2.24) is 10.3 Å². The van der Waals surface area contributed by atoms with Gasteiger partial charge in [0.25, 0.3) is 0 Å². The first kappa shape index (κ1) is 23.4. The highest BCUT2D eigenvalue weighted by atomic mass is 35.5. The van der Waals surface area contributed by atoms with Gasteiger partial charge in [-0.2, -0.15) is 0 Å². The Morgan fingerprint density at radius 3 is 2.42 bits per heavy atom. The molecule has 0 spiro atoms. The molecule has 2 heterocycles. The summed E-state index contributed by atoms with van der Waals surface area (Å²) in [7, 11) is -0.369. The second kappa shape index (κ2) is 9.05. The summed E-state index contributed by atoms with van der Waals surface area (Å²) in [6.45, 7) is 11.1. The number of hydrogen-bond acceptors (Lipinski definition) is 4. The van der Waals surface area contributed by atoms with Gasteiger partial charge in [-0.05, 0) is 54.4 Å². The highest BCUT2D eigenvalue weighted by Gasteiger charge is 2.38. The van der Waals surface area contributed by atoms with Crippen LogP contribution in [0.2, 0.25) is 23.2 Å². The number of amides is 1. The lowest BCUT2D eigenvalue weighted by atomic mass is 9.99. The van der Waals surface area contributed by atoms with Gasteiger partial charge in [-0.3, -0.25) is 4.79 Å². The van der Waals surface area contributed by atoms with Crippen LogP contribution in [-0.4, -0.2) is 32.4 Å². The maximum atomic E-state index is 11.7. The first-order valence-electron chi connectivity index (χ1n) is 10.5. The second-order valence-corrected chi connectivity index (χ2v) is 14.5. The van der Waals surface area contributed by atoms with Crippen LogP contribution in [0.1, 0.15) is 44.9 Å². The van der Waals surface area contributed by atoms with Gasteiger partial charge in [0.05, 0.1) is 12.8 Å². The van der Waals surface area contributed by atoms with Crippen molar-refractivity contribution in [2.24, 2.45) is 0 Å². The normalized spacial score (nSPS) is 17.5. The summed E-state index contributed by atoms with van der Waals surface area (Å²) in [5, 5.41) is 3.59. The quantitative estimate of drug-likeness (QED) is 0.552. The van der Waals surface area contributed by atoms with Crippen LogP contribution >= 0.6 is 11.6 Å². The summed E-state index contributed by atoms with van der Waals surface area (Å²) in [6.07, 6.45) is 3.36. The number of nitrogens with zero attached hydrogens (tertiary/aromatic N) is 1. The predicted molar refractivity (Wildman–Crippen MR) is 128 cm³/mol. The SMILES string of the molecule is COc1nc(/C(=C/[C@H]2CCC(=O)N2)c2ccc(O[Si](C)(C)C(C)(C)C)cc2)ccc1Cl. The fourth-order valence-corrected chi connectivity index (χ4v) is 4.37. The summed E-state index contributed by atoms with van der Waals surface area (Å²) in [5.74, 6) is 1.31. The van der Waals surface area contributed by atoms with E-state index < -0.39 is 8.32 Å². The van der Waals surface area contributed by atoms with Crippen LogP contribution < -0.4 is 14.5 Å². The van der Waals surface area contributed by atoms with Crippen molar-refractivity contribution < 1.29 is 14.0 Å². The van der Waals surface area contributed by atoms with E-state index in [9.17, 15) is 4.79 Å². The van der Waals surface area contributed by atoms with Crippen LogP contribution in [-0.2, 0) is 4.79 Å². The molecule has 1 fully saturated rings. The molecule has 0 aliphatic carbocycles.